The highest BCUT2D eigenvalue weighted by Crippen LogP contribution is 2.26. The van der Waals surface area contributed by atoms with Gasteiger partial charge in [-0.1, -0.05) is 30.3 Å². The highest BCUT2D eigenvalue weighted by molar-refractivity contribution is 5.70. The van der Waals surface area contributed by atoms with Crippen molar-refractivity contribution in [3.63, 3.8) is 0 Å². The van der Waals surface area contributed by atoms with Gasteiger partial charge in [-0.05, 0) is 29.3 Å². The van der Waals surface area contributed by atoms with Crippen molar-refractivity contribution in [1.29, 1.82) is 5.26 Å². The molecular formula is C17H16N2O2. The molecule has 106 valence electrons. The van der Waals surface area contributed by atoms with Gasteiger partial charge in [-0.15, -0.1) is 0 Å². The number of benzene rings is 2. The van der Waals surface area contributed by atoms with Crippen LogP contribution >= 0.6 is 0 Å². The quantitative estimate of drug-likeness (QED) is 0.937. The molecule has 0 amide bonds. The van der Waals surface area contributed by atoms with Crippen molar-refractivity contribution in [1.82, 2.24) is 0 Å². The van der Waals surface area contributed by atoms with Gasteiger partial charge in [0.25, 0.3) is 0 Å². The van der Waals surface area contributed by atoms with Gasteiger partial charge in [-0.2, -0.15) is 5.26 Å². The molecular weight excluding hydrogens is 264 g/mol. The molecule has 0 bridgehead atoms. The topological polar surface area (TPSA) is 68.3 Å². The van der Waals surface area contributed by atoms with Gasteiger partial charge in [0.2, 0.25) is 0 Å². The third-order valence-electron chi connectivity index (χ3n) is 3.57. The van der Waals surface area contributed by atoms with Gasteiger partial charge in [0.1, 0.15) is 11.9 Å². The lowest BCUT2D eigenvalue weighted by molar-refractivity contribution is 0.140. The minimum Gasteiger partial charge on any atom is -0.486 e. The molecule has 0 unspecified atom stereocenters. The van der Waals surface area contributed by atoms with Crippen molar-refractivity contribution in [2.45, 2.75) is 12.1 Å². The van der Waals surface area contributed by atoms with Crippen LogP contribution in [0.3, 0.4) is 0 Å². The number of hydrogen-bond acceptors (Lipinski definition) is 4. The van der Waals surface area contributed by atoms with Crippen molar-refractivity contribution in [2.75, 3.05) is 13.2 Å². The van der Waals surface area contributed by atoms with Crippen molar-refractivity contribution in [3.8, 4) is 22.9 Å². The van der Waals surface area contributed by atoms with E-state index >= 15 is 0 Å². The molecule has 2 N–H and O–H groups in total. The molecule has 4 heteroatoms. The lowest BCUT2D eigenvalue weighted by Gasteiger charge is -2.16. The van der Waals surface area contributed by atoms with Crippen molar-refractivity contribution >= 4 is 0 Å². The summed E-state index contributed by atoms with van der Waals surface area (Å²) in [4.78, 5) is 0. The minimum absolute atomic E-state index is 0.0796. The van der Waals surface area contributed by atoms with E-state index in [9.17, 15) is 0 Å². The molecule has 1 aliphatic rings. The number of hydrogen-bond donors (Lipinski definition) is 1. The van der Waals surface area contributed by atoms with Crippen molar-refractivity contribution < 1.29 is 9.47 Å². The summed E-state index contributed by atoms with van der Waals surface area (Å²) in [6.45, 7) is 1.07. The molecule has 4 nitrogen and oxygen atoms in total. The Labute approximate surface area is 123 Å². The SMILES string of the molecule is N#Cc1ccccc1-c1ccc(O[C@@H]2COC[C@@H]2N)cc1. The van der Waals surface area contributed by atoms with E-state index in [2.05, 4.69) is 6.07 Å². The lowest BCUT2D eigenvalue weighted by Crippen LogP contribution is -2.37. The lowest BCUT2D eigenvalue weighted by atomic mass is 10.0. The Morgan fingerprint density at radius 1 is 1.10 bits per heavy atom. The van der Waals surface area contributed by atoms with Crippen LogP contribution in [0.2, 0.25) is 0 Å². The van der Waals surface area contributed by atoms with Crippen molar-refractivity contribution in [2.24, 2.45) is 5.73 Å². The number of nitrogens with two attached hydrogens (primary N) is 1. The van der Waals surface area contributed by atoms with E-state index in [1.54, 1.807) is 0 Å². The van der Waals surface area contributed by atoms with Crippen LogP contribution in [0.15, 0.2) is 48.5 Å². The molecule has 21 heavy (non-hydrogen) atoms. The largest absolute Gasteiger partial charge is 0.486 e. The fourth-order valence-corrected chi connectivity index (χ4v) is 2.39. The van der Waals surface area contributed by atoms with Crippen LogP contribution in [0.5, 0.6) is 5.75 Å². The predicted octanol–water partition coefficient (Wildman–Crippen LogP) is 2.33. The van der Waals surface area contributed by atoms with E-state index in [1.807, 2.05) is 48.5 Å². The molecule has 2 aromatic carbocycles. The average Bonchev–Trinajstić information content (AvgIpc) is 2.93. The number of ether oxygens (including phenoxy) is 2. The standard InChI is InChI=1S/C17H16N2O2/c18-9-13-3-1-2-4-15(13)12-5-7-14(8-6-12)21-17-11-20-10-16(17)19/h1-8,16-17H,10-11,19H2/t16-,17+/m0/s1. The zero-order valence-corrected chi connectivity index (χ0v) is 11.5. The monoisotopic (exact) mass is 280 g/mol. The maximum atomic E-state index is 9.15. The zero-order chi connectivity index (χ0) is 14.7. The highest BCUT2D eigenvalue weighted by atomic mass is 16.5. The smallest absolute Gasteiger partial charge is 0.139 e. The first-order valence-electron chi connectivity index (χ1n) is 6.87. The van der Waals surface area contributed by atoms with E-state index in [4.69, 9.17) is 20.5 Å². The van der Waals surface area contributed by atoms with E-state index in [0.717, 1.165) is 16.9 Å². The van der Waals surface area contributed by atoms with Crippen LogP contribution in [0, 0.1) is 11.3 Å². The molecule has 0 aliphatic carbocycles. The van der Waals surface area contributed by atoms with Gasteiger partial charge in [0.05, 0.1) is 30.9 Å². The molecule has 3 rings (SSSR count). The second kappa shape index (κ2) is 5.96. The van der Waals surface area contributed by atoms with Crippen LogP contribution in [0.4, 0.5) is 0 Å². The third-order valence-corrected chi connectivity index (χ3v) is 3.57. The van der Waals surface area contributed by atoms with Gasteiger partial charge < -0.3 is 15.2 Å². The number of nitriles is 1. The Bertz CT molecular complexity index is 661. The first kappa shape index (κ1) is 13.6. The summed E-state index contributed by atoms with van der Waals surface area (Å²) in [5.41, 5.74) is 8.48. The number of rotatable bonds is 3. The Kier molecular flexibility index (Phi) is 3.87. The Morgan fingerprint density at radius 3 is 2.52 bits per heavy atom. The molecule has 1 fully saturated rings. The summed E-state index contributed by atoms with van der Waals surface area (Å²) in [6.07, 6.45) is -0.0951. The van der Waals surface area contributed by atoms with E-state index < -0.39 is 0 Å². The maximum Gasteiger partial charge on any atom is 0.139 e. The summed E-state index contributed by atoms with van der Waals surface area (Å²) in [5.74, 6) is 0.763. The van der Waals surface area contributed by atoms with Gasteiger partial charge in [-0.3, -0.25) is 0 Å². The normalized spacial score (nSPS) is 21.0. The number of nitrogens with zero attached hydrogens (tertiary/aromatic N) is 1. The Hall–Kier alpha value is -2.35. The first-order chi connectivity index (χ1) is 10.3. The molecule has 2 aromatic rings. The summed E-state index contributed by atoms with van der Waals surface area (Å²) in [6, 6.07) is 17.4. The molecule has 1 saturated heterocycles. The second-order valence-electron chi connectivity index (χ2n) is 5.04. The van der Waals surface area contributed by atoms with Gasteiger partial charge in [0.15, 0.2) is 0 Å². The molecule has 0 spiro atoms. The fraction of sp³-hybridized carbons (Fsp3) is 0.235. The minimum atomic E-state index is -0.0951. The fourth-order valence-electron chi connectivity index (χ4n) is 2.39. The maximum absolute atomic E-state index is 9.15. The molecule has 2 atom stereocenters. The third kappa shape index (κ3) is 2.89. The van der Waals surface area contributed by atoms with E-state index in [0.29, 0.717) is 18.8 Å². The van der Waals surface area contributed by atoms with Crippen molar-refractivity contribution in [3.05, 3.63) is 54.1 Å². The molecule has 0 radical (unpaired) electrons. The zero-order valence-electron chi connectivity index (χ0n) is 11.5. The Morgan fingerprint density at radius 2 is 1.86 bits per heavy atom. The summed E-state index contributed by atoms with van der Waals surface area (Å²) in [7, 11) is 0. The average molecular weight is 280 g/mol. The molecule has 1 heterocycles. The summed E-state index contributed by atoms with van der Waals surface area (Å²) < 4.78 is 11.1. The van der Waals surface area contributed by atoms with E-state index in [1.165, 1.54) is 0 Å². The molecule has 0 saturated carbocycles. The van der Waals surface area contributed by atoms with Crippen LogP contribution in [-0.2, 0) is 4.74 Å². The first-order valence-corrected chi connectivity index (χ1v) is 6.87. The summed E-state index contributed by atoms with van der Waals surface area (Å²) in [5, 5.41) is 9.15. The predicted molar refractivity (Wildman–Crippen MR) is 79.8 cm³/mol. The van der Waals surface area contributed by atoms with Crippen LogP contribution in [-0.4, -0.2) is 25.4 Å². The van der Waals surface area contributed by atoms with Crippen LogP contribution in [0.1, 0.15) is 5.56 Å². The van der Waals surface area contributed by atoms with Crippen LogP contribution in [0.25, 0.3) is 11.1 Å². The second-order valence-corrected chi connectivity index (χ2v) is 5.04. The highest BCUT2D eigenvalue weighted by Gasteiger charge is 2.26. The Balaban J connectivity index is 1.79. The molecule has 0 aromatic heterocycles. The van der Waals surface area contributed by atoms with Gasteiger partial charge in [0, 0.05) is 0 Å². The summed E-state index contributed by atoms with van der Waals surface area (Å²) >= 11 is 0. The van der Waals surface area contributed by atoms with Gasteiger partial charge in [-0.25, -0.2) is 0 Å². The van der Waals surface area contributed by atoms with E-state index in [-0.39, 0.29) is 12.1 Å². The van der Waals surface area contributed by atoms with Gasteiger partial charge >= 0.3 is 0 Å². The van der Waals surface area contributed by atoms with Crippen LogP contribution < -0.4 is 10.5 Å². The molecule has 1 aliphatic heterocycles.